The van der Waals surface area contributed by atoms with Gasteiger partial charge in [0, 0.05) is 18.2 Å². The summed E-state index contributed by atoms with van der Waals surface area (Å²) < 4.78 is 5.17. The minimum Gasteiger partial charge on any atom is -0.497 e. The summed E-state index contributed by atoms with van der Waals surface area (Å²) in [6.07, 6.45) is 1.36. The van der Waals surface area contributed by atoms with Crippen molar-refractivity contribution in [2.24, 2.45) is 0 Å². The fourth-order valence-electron chi connectivity index (χ4n) is 1.95. The molecule has 1 aromatic carbocycles. The summed E-state index contributed by atoms with van der Waals surface area (Å²) in [5.74, 6) is 1.66. The number of ether oxygens (including phenoxy) is 1. The molecule has 2 rings (SSSR count). The Bertz CT molecular complexity index is 597. The molecule has 0 fully saturated rings. The number of nitrogens with one attached hydrogen (secondary N) is 1. The Morgan fingerprint density at radius 1 is 1.55 bits per heavy atom. The highest BCUT2D eigenvalue weighted by molar-refractivity contribution is 8.00. The fourth-order valence-corrected chi connectivity index (χ4v) is 2.92. The van der Waals surface area contributed by atoms with Gasteiger partial charge >= 0.3 is 5.97 Å². The molecule has 0 bridgehead atoms. The molecule has 0 radical (unpaired) electrons. The van der Waals surface area contributed by atoms with Crippen LogP contribution in [0.2, 0.25) is 0 Å². The molecule has 0 aliphatic heterocycles. The van der Waals surface area contributed by atoms with E-state index in [-0.39, 0.29) is 5.25 Å². The number of aliphatic carboxylic acids is 1. The summed E-state index contributed by atoms with van der Waals surface area (Å²) in [4.78, 5) is 18.6. The lowest BCUT2D eigenvalue weighted by Crippen LogP contribution is -2.15. The van der Waals surface area contributed by atoms with Gasteiger partial charge in [0.15, 0.2) is 0 Å². The van der Waals surface area contributed by atoms with Gasteiger partial charge < -0.3 is 14.8 Å². The van der Waals surface area contributed by atoms with Crippen LogP contribution in [-0.4, -0.2) is 39.2 Å². The first-order chi connectivity index (χ1) is 9.63. The van der Waals surface area contributed by atoms with E-state index in [0.29, 0.717) is 6.42 Å². The number of nitrogens with zero attached hydrogens (tertiary/aromatic N) is 1. The third-order valence-corrected chi connectivity index (χ3v) is 4.42. The lowest BCUT2D eigenvalue weighted by atomic mass is 10.3. The number of carboxylic acids is 1. The standard InChI is InChI=1S/C14H18N2O3S/c1-3-12(14(17)18)20-7-6-13-15-10-5-4-9(19-2)8-11(10)16-13/h4-5,8,12H,3,6-7H2,1-2H3,(H,15,16)(H,17,18). The van der Waals surface area contributed by atoms with Crippen LogP contribution in [0.4, 0.5) is 0 Å². The monoisotopic (exact) mass is 294 g/mol. The summed E-state index contributed by atoms with van der Waals surface area (Å²) >= 11 is 1.46. The van der Waals surface area contributed by atoms with E-state index in [0.717, 1.165) is 34.8 Å². The maximum absolute atomic E-state index is 10.9. The molecule has 1 aromatic heterocycles. The van der Waals surface area contributed by atoms with E-state index in [1.54, 1.807) is 7.11 Å². The van der Waals surface area contributed by atoms with Crippen molar-refractivity contribution in [1.29, 1.82) is 0 Å². The Labute approximate surface area is 121 Å². The van der Waals surface area contributed by atoms with Gasteiger partial charge in [0.25, 0.3) is 0 Å². The molecular formula is C14H18N2O3S. The quantitative estimate of drug-likeness (QED) is 0.821. The number of imidazole rings is 1. The average molecular weight is 294 g/mol. The van der Waals surface area contributed by atoms with E-state index >= 15 is 0 Å². The van der Waals surface area contributed by atoms with Crippen molar-refractivity contribution < 1.29 is 14.6 Å². The Morgan fingerprint density at radius 2 is 2.35 bits per heavy atom. The largest absolute Gasteiger partial charge is 0.497 e. The van der Waals surface area contributed by atoms with Crippen molar-refractivity contribution >= 4 is 28.8 Å². The first-order valence-corrected chi connectivity index (χ1v) is 7.56. The van der Waals surface area contributed by atoms with E-state index in [1.807, 2.05) is 25.1 Å². The van der Waals surface area contributed by atoms with E-state index in [2.05, 4.69) is 9.97 Å². The van der Waals surface area contributed by atoms with Crippen molar-refractivity contribution in [3.05, 3.63) is 24.0 Å². The number of thioether (sulfide) groups is 1. The van der Waals surface area contributed by atoms with Crippen LogP contribution in [0.15, 0.2) is 18.2 Å². The van der Waals surface area contributed by atoms with Gasteiger partial charge in [-0.05, 0) is 18.6 Å². The Kier molecular flexibility index (Phi) is 4.89. The summed E-state index contributed by atoms with van der Waals surface area (Å²) in [7, 11) is 1.63. The van der Waals surface area contributed by atoms with Crippen LogP contribution in [0.25, 0.3) is 11.0 Å². The lowest BCUT2D eigenvalue weighted by molar-refractivity contribution is -0.136. The number of rotatable bonds is 7. The zero-order chi connectivity index (χ0) is 14.5. The zero-order valence-electron chi connectivity index (χ0n) is 11.5. The SMILES string of the molecule is CCC(SCCc1nc2ccc(OC)cc2[nH]1)C(=O)O. The molecule has 0 aliphatic rings. The number of carbonyl (C=O) groups is 1. The second-order valence-corrected chi connectivity index (χ2v) is 5.73. The van der Waals surface area contributed by atoms with E-state index < -0.39 is 5.97 Å². The summed E-state index contributed by atoms with van der Waals surface area (Å²) in [5, 5.41) is 8.65. The highest BCUT2D eigenvalue weighted by Crippen LogP contribution is 2.20. The fraction of sp³-hybridized carbons (Fsp3) is 0.429. The maximum Gasteiger partial charge on any atom is 0.316 e. The van der Waals surface area contributed by atoms with Gasteiger partial charge in [0.05, 0.1) is 18.1 Å². The first-order valence-electron chi connectivity index (χ1n) is 6.51. The average Bonchev–Trinajstić information content (AvgIpc) is 2.84. The minimum absolute atomic E-state index is 0.334. The van der Waals surface area contributed by atoms with E-state index in [9.17, 15) is 4.79 Å². The minimum atomic E-state index is -0.744. The van der Waals surface area contributed by atoms with Crippen molar-refractivity contribution in [2.45, 2.75) is 25.0 Å². The van der Waals surface area contributed by atoms with Crippen LogP contribution < -0.4 is 4.74 Å². The number of aryl methyl sites for hydroxylation is 1. The molecule has 5 nitrogen and oxygen atoms in total. The second kappa shape index (κ2) is 6.65. The number of aromatic nitrogens is 2. The summed E-state index contributed by atoms with van der Waals surface area (Å²) in [5.41, 5.74) is 1.84. The van der Waals surface area contributed by atoms with Crippen molar-refractivity contribution in [2.75, 3.05) is 12.9 Å². The molecule has 6 heteroatoms. The number of methoxy groups -OCH3 is 1. The molecule has 108 valence electrons. The Balaban J connectivity index is 1.98. The highest BCUT2D eigenvalue weighted by Gasteiger charge is 2.15. The molecule has 0 aliphatic carbocycles. The normalized spacial score (nSPS) is 12.5. The van der Waals surface area contributed by atoms with Crippen LogP contribution in [0, 0.1) is 0 Å². The lowest BCUT2D eigenvalue weighted by Gasteiger charge is -2.07. The number of fused-ring (bicyclic) bond motifs is 1. The van der Waals surface area contributed by atoms with Crippen LogP contribution in [-0.2, 0) is 11.2 Å². The molecule has 1 atom stereocenters. The summed E-state index contributed by atoms with van der Waals surface area (Å²) in [6, 6.07) is 5.69. The van der Waals surface area contributed by atoms with Crippen LogP contribution in [0.1, 0.15) is 19.2 Å². The predicted octanol–water partition coefficient (Wildman–Crippen LogP) is 2.71. The number of aromatic amines is 1. The topological polar surface area (TPSA) is 75.2 Å². The molecule has 0 amide bonds. The van der Waals surface area contributed by atoms with Gasteiger partial charge in [-0.25, -0.2) is 4.98 Å². The zero-order valence-corrected chi connectivity index (χ0v) is 12.4. The first kappa shape index (κ1) is 14.7. The van der Waals surface area contributed by atoms with Crippen molar-refractivity contribution in [3.63, 3.8) is 0 Å². The third kappa shape index (κ3) is 3.45. The number of hydrogen-bond donors (Lipinski definition) is 2. The second-order valence-electron chi connectivity index (χ2n) is 4.42. The van der Waals surface area contributed by atoms with Gasteiger partial charge in [0.1, 0.15) is 16.8 Å². The predicted molar refractivity (Wildman–Crippen MR) is 80.5 cm³/mol. The van der Waals surface area contributed by atoms with Crippen LogP contribution >= 0.6 is 11.8 Å². The molecule has 0 saturated carbocycles. The Morgan fingerprint density at radius 3 is 3.00 bits per heavy atom. The number of benzene rings is 1. The number of hydrogen-bond acceptors (Lipinski definition) is 4. The van der Waals surface area contributed by atoms with Crippen LogP contribution in [0.3, 0.4) is 0 Å². The van der Waals surface area contributed by atoms with Gasteiger partial charge in [-0.15, -0.1) is 11.8 Å². The molecule has 2 aromatic rings. The molecule has 20 heavy (non-hydrogen) atoms. The molecule has 1 unspecified atom stereocenters. The molecular weight excluding hydrogens is 276 g/mol. The van der Waals surface area contributed by atoms with Crippen LogP contribution in [0.5, 0.6) is 5.75 Å². The van der Waals surface area contributed by atoms with Crippen molar-refractivity contribution in [3.8, 4) is 5.75 Å². The van der Waals surface area contributed by atoms with Gasteiger partial charge in [-0.1, -0.05) is 6.92 Å². The van der Waals surface area contributed by atoms with Gasteiger partial charge in [0.2, 0.25) is 0 Å². The van der Waals surface area contributed by atoms with Crippen molar-refractivity contribution in [1.82, 2.24) is 9.97 Å². The molecule has 2 N–H and O–H groups in total. The number of carboxylic acid groups (broad SMARTS) is 1. The Hall–Kier alpha value is -1.69. The molecule has 0 spiro atoms. The molecule has 0 saturated heterocycles. The maximum atomic E-state index is 10.9. The van der Waals surface area contributed by atoms with Gasteiger partial charge in [-0.2, -0.15) is 0 Å². The molecule has 1 heterocycles. The third-order valence-electron chi connectivity index (χ3n) is 3.04. The van der Waals surface area contributed by atoms with E-state index in [1.165, 1.54) is 11.8 Å². The highest BCUT2D eigenvalue weighted by atomic mass is 32.2. The van der Waals surface area contributed by atoms with E-state index in [4.69, 9.17) is 9.84 Å². The van der Waals surface area contributed by atoms with Gasteiger partial charge in [-0.3, -0.25) is 4.79 Å². The summed E-state index contributed by atoms with van der Waals surface area (Å²) in [6.45, 7) is 1.89. The number of H-pyrrole nitrogens is 1. The smallest absolute Gasteiger partial charge is 0.316 e.